The molecule has 0 bridgehead atoms. The lowest BCUT2D eigenvalue weighted by Crippen LogP contribution is -2.30. The van der Waals surface area contributed by atoms with Crippen molar-refractivity contribution in [3.63, 3.8) is 0 Å². The summed E-state index contributed by atoms with van der Waals surface area (Å²) in [6.07, 6.45) is 0.577. The topological polar surface area (TPSA) is 32.3 Å². The lowest BCUT2D eigenvalue weighted by Gasteiger charge is -2.09. The van der Waals surface area contributed by atoms with E-state index in [1.165, 1.54) is 0 Å². The number of hydrogen-bond acceptors (Lipinski definition) is 2. The predicted octanol–water partition coefficient (Wildman–Crippen LogP) is 0.918. The summed E-state index contributed by atoms with van der Waals surface area (Å²) in [5, 5.41) is 2.78. The Kier molecular flexibility index (Phi) is 16.5. The third-order valence-electron chi connectivity index (χ3n) is 1.20. The fourth-order valence-corrected chi connectivity index (χ4v) is 0.544. The molecule has 0 aliphatic heterocycles. The van der Waals surface area contributed by atoms with Gasteiger partial charge in [0.2, 0.25) is 5.91 Å². The van der Waals surface area contributed by atoms with E-state index in [1.54, 1.807) is 0 Å². The van der Waals surface area contributed by atoms with Crippen LogP contribution in [0.4, 0.5) is 0 Å². The second-order valence-corrected chi connectivity index (χ2v) is 2.51. The highest BCUT2D eigenvalue weighted by Gasteiger charge is 1.94. The summed E-state index contributed by atoms with van der Waals surface area (Å²) in [5.41, 5.74) is 0. The number of hydrogen-bond donors (Lipinski definition) is 1. The minimum Gasteiger partial charge on any atom is -0.355 e. The zero-order valence-electron chi connectivity index (χ0n) is 7.79. The van der Waals surface area contributed by atoms with Gasteiger partial charge in [-0.2, -0.15) is 0 Å². The van der Waals surface area contributed by atoms with Crippen molar-refractivity contribution in [1.82, 2.24) is 10.2 Å². The van der Waals surface area contributed by atoms with E-state index >= 15 is 0 Å². The lowest BCUT2D eigenvalue weighted by atomic mass is 10.4. The number of carbonyl (C=O) groups is 1. The number of amides is 1. The molecular formula is C7H18Cl2N2O. The molecule has 5 heteroatoms. The quantitative estimate of drug-likeness (QED) is 0.759. The molecule has 76 valence electrons. The molecular weight excluding hydrogens is 199 g/mol. The Bertz CT molecular complexity index is 110. The maximum absolute atomic E-state index is 10.7. The van der Waals surface area contributed by atoms with Gasteiger partial charge in [-0.15, -0.1) is 24.8 Å². The van der Waals surface area contributed by atoms with Crippen LogP contribution >= 0.6 is 24.8 Å². The average molecular weight is 217 g/mol. The molecule has 0 fully saturated rings. The van der Waals surface area contributed by atoms with Crippen molar-refractivity contribution in [2.24, 2.45) is 0 Å². The Hall–Kier alpha value is 0.01000. The van der Waals surface area contributed by atoms with E-state index in [0.29, 0.717) is 6.42 Å². The first-order valence-electron chi connectivity index (χ1n) is 3.58. The molecule has 1 amide bonds. The molecule has 0 saturated heterocycles. The molecule has 0 aromatic carbocycles. The highest BCUT2D eigenvalue weighted by molar-refractivity contribution is 5.85. The number of carbonyl (C=O) groups excluding carboxylic acids is 1. The van der Waals surface area contributed by atoms with Crippen LogP contribution in [0.3, 0.4) is 0 Å². The maximum Gasteiger partial charge on any atom is 0.219 e. The summed E-state index contributed by atoms with van der Waals surface area (Å²) >= 11 is 0. The third-order valence-corrected chi connectivity index (χ3v) is 1.20. The number of rotatable bonds is 4. The van der Waals surface area contributed by atoms with Gasteiger partial charge in [0.1, 0.15) is 0 Å². The summed E-state index contributed by atoms with van der Waals surface area (Å²) in [6.45, 7) is 3.51. The van der Waals surface area contributed by atoms with Crippen LogP contribution < -0.4 is 5.32 Å². The molecule has 12 heavy (non-hydrogen) atoms. The smallest absolute Gasteiger partial charge is 0.219 e. The van der Waals surface area contributed by atoms with E-state index in [0.717, 1.165) is 13.1 Å². The largest absolute Gasteiger partial charge is 0.355 e. The summed E-state index contributed by atoms with van der Waals surface area (Å²) in [5.74, 6) is 0.127. The number of halogens is 2. The Morgan fingerprint density at radius 3 is 2.17 bits per heavy atom. The van der Waals surface area contributed by atoms with Crippen molar-refractivity contribution < 1.29 is 4.79 Å². The van der Waals surface area contributed by atoms with Gasteiger partial charge in [0, 0.05) is 19.5 Å². The molecule has 0 heterocycles. The van der Waals surface area contributed by atoms with Gasteiger partial charge in [-0.3, -0.25) is 4.79 Å². The highest BCUT2D eigenvalue weighted by Crippen LogP contribution is 1.75. The first-order valence-corrected chi connectivity index (χ1v) is 3.58. The van der Waals surface area contributed by atoms with Gasteiger partial charge in [0.05, 0.1) is 0 Å². The summed E-state index contributed by atoms with van der Waals surface area (Å²) < 4.78 is 0. The molecule has 0 radical (unpaired) electrons. The van der Waals surface area contributed by atoms with Crippen molar-refractivity contribution in [2.75, 3.05) is 27.2 Å². The molecule has 1 N–H and O–H groups in total. The van der Waals surface area contributed by atoms with E-state index in [4.69, 9.17) is 0 Å². The van der Waals surface area contributed by atoms with Crippen LogP contribution in [-0.4, -0.2) is 38.0 Å². The third kappa shape index (κ3) is 12.7. The van der Waals surface area contributed by atoms with Crippen LogP contribution in [0.1, 0.15) is 13.3 Å². The molecule has 0 aromatic heterocycles. The number of nitrogens with one attached hydrogen (secondary N) is 1. The molecule has 0 spiro atoms. The van der Waals surface area contributed by atoms with E-state index in [1.807, 2.05) is 25.9 Å². The van der Waals surface area contributed by atoms with Crippen molar-refractivity contribution in [3.8, 4) is 0 Å². The molecule has 0 aliphatic carbocycles. The van der Waals surface area contributed by atoms with Crippen LogP contribution in [-0.2, 0) is 4.79 Å². The molecule has 0 atom stereocenters. The Morgan fingerprint density at radius 1 is 1.33 bits per heavy atom. The van der Waals surface area contributed by atoms with Crippen LogP contribution in [0.2, 0.25) is 0 Å². The van der Waals surface area contributed by atoms with E-state index in [2.05, 4.69) is 5.32 Å². The zero-order chi connectivity index (χ0) is 7.98. The summed E-state index contributed by atoms with van der Waals surface area (Å²) in [6, 6.07) is 0. The fraction of sp³-hybridized carbons (Fsp3) is 0.857. The van der Waals surface area contributed by atoms with Crippen LogP contribution in [0.25, 0.3) is 0 Å². The van der Waals surface area contributed by atoms with Crippen LogP contribution in [0.5, 0.6) is 0 Å². The standard InChI is InChI=1S/C7H16N2O.2ClH/c1-4-7(10)8-5-6-9(2)3;;/h4-6H2,1-3H3,(H,8,10);2*1H. The van der Waals surface area contributed by atoms with Gasteiger partial charge in [0.15, 0.2) is 0 Å². The highest BCUT2D eigenvalue weighted by atomic mass is 35.5. The summed E-state index contributed by atoms with van der Waals surface area (Å²) in [7, 11) is 3.97. The minimum atomic E-state index is 0. The van der Waals surface area contributed by atoms with Gasteiger partial charge in [-0.05, 0) is 14.1 Å². The Morgan fingerprint density at radius 2 is 1.83 bits per heavy atom. The second-order valence-electron chi connectivity index (χ2n) is 2.51. The maximum atomic E-state index is 10.7. The van der Waals surface area contributed by atoms with E-state index in [9.17, 15) is 4.79 Å². The Balaban J connectivity index is -0.000000405. The average Bonchev–Trinajstić information content (AvgIpc) is 1.87. The normalized spacial score (nSPS) is 8.33. The summed E-state index contributed by atoms with van der Waals surface area (Å²) in [4.78, 5) is 12.7. The minimum absolute atomic E-state index is 0. The van der Waals surface area contributed by atoms with E-state index in [-0.39, 0.29) is 30.7 Å². The number of nitrogens with zero attached hydrogens (tertiary/aromatic N) is 1. The van der Waals surface area contributed by atoms with Crippen molar-refractivity contribution in [1.29, 1.82) is 0 Å². The first kappa shape index (κ1) is 17.9. The lowest BCUT2D eigenvalue weighted by molar-refractivity contribution is -0.120. The first-order chi connectivity index (χ1) is 4.66. The van der Waals surface area contributed by atoms with Gasteiger partial charge >= 0.3 is 0 Å². The predicted molar refractivity (Wildman–Crippen MR) is 56.4 cm³/mol. The van der Waals surface area contributed by atoms with Gasteiger partial charge in [0.25, 0.3) is 0 Å². The molecule has 3 nitrogen and oxygen atoms in total. The SMILES string of the molecule is CCC(=O)NCCN(C)C.Cl.Cl. The van der Waals surface area contributed by atoms with Crippen LogP contribution in [0, 0.1) is 0 Å². The van der Waals surface area contributed by atoms with Gasteiger partial charge < -0.3 is 10.2 Å². The second kappa shape index (κ2) is 11.0. The zero-order valence-corrected chi connectivity index (χ0v) is 9.43. The van der Waals surface area contributed by atoms with Crippen molar-refractivity contribution in [3.05, 3.63) is 0 Å². The monoisotopic (exact) mass is 216 g/mol. The van der Waals surface area contributed by atoms with E-state index < -0.39 is 0 Å². The van der Waals surface area contributed by atoms with Gasteiger partial charge in [-0.1, -0.05) is 6.92 Å². The molecule has 0 saturated carbocycles. The number of likely N-dealkylation sites (N-methyl/N-ethyl adjacent to an activating group) is 1. The molecule has 0 unspecified atom stereocenters. The van der Waals surface area contributed by atoms with Crippen LogP contribution in [0.15, 0.2) is 0 Å². The molecule has 0 aromatic rings. The molecule has 0 aliphatic rings. The molecule has 0 rings (SSSR count). The van der Waals surface area contributed by atoms with Gasteiger partial charge in [-0.25, -0.2) is 0 Å². The fourth-order valence-electron chi connectivity index (χ4n) is 0.544. The Labute approximate surface area is 86.7 Å². The van der Waals surface area contributed by atoms with Crippen molar-refractivity contribution >= 4 is 30.7 Å². The van der Waals surface area contributed by atoms with Crippen molar-refractivity contribution in [2.45, 2.75) is 13.3 Å².